The molecule has 23 heavy (non-hydrogen) atoms. The molecule has 0 bridgehead atoms. The van der Waals surface area contributed by atoms with Gasteiger partial charge in [-0.3, -0.25) is 0 Å². The summed E-state index contributed by atoms with van der Waals surface area (Å²) in [5, 5.41) is 22.1. The fourth-order valence-electron chi connectivity index (χ4n) is 2.91. The van der Waals surface area contributed by atoms with Crippen LogP contribution in [0.25, 0.3) is 5.65 Å². The van der Waals surface area contributed by atoms with Gasteiger partial charge in [-0.1, -0.05) is 0 Å². The largest absolute Gasteiger partial charge is 0.508 e. The molecular weight excluding hydrogens is 292 g/mol. The second-order valence-electron chi connectivity index (χ2n) is 5.70. The SMILES string of the molecule is Cc1nnc2ccc(N3CCN(c4ccc(O)cc4)CC3)nn12. The Balaban J connectivity index is 1.49. The number of phenolic OH excluding ortho intramolecular Hbond substituents is 1. The average Bonchev–Trinajstić information content (AvgIpc) is 2.96. The van der Waals surface area contributed by atoms with Crippen LogP contribution in [0, 0.1) is 6.92 Å². The van der Waals surface area contributed by atoms with Crippen LogP contribution in [-0.2, 0) is 0 Å². The Morgan fingerprint density at radius 2 is 1.57 bits per heavy atom. The highest BCUT2D eigenvalue weighted by molar-refractivity contribution is 5.52. The molecule has 0 spiro atoms. The quantitative estimate of drug-likeness (QED) is 0.773. The molecule has 7 nitrogen and oxygen atoms in total. The highest BCUT2D eigenvalue weighted by atomic mass is 16.3. The van der Waals surface area contributed by atoms with Crippen molar-refractivity contribution in [3.8, 4) is 5.75 Å². The molecule has 0 radical (unpaired) electrons. The van der Waals surface area contributed by atoms with E-state index in [1.54, 1.807) is 16.6 Å². The van der Waals surface area contributed by atoms with E-state index < -0.39 is 0 Å². The van der Waals surface area contributed by atoms with Crippen LogP contribution in [0.1, 0.15) is 5.82 Å². The molecule has 0 unspecified atom stereocenters. The van der Waals surface area contributed by atoms with E-state index in [9.17, 15) is 5.11 Å². The van der Waals surface area contributed by atoms with Crippen LogP contribution in [0.15, 0.2) is 36.4 Å². The number of hydrogen-bond donors (Lipinski definition) is 1. The summed E-state index contributed by atoms with van der Waals surface area (Å²) >= 11 is 0. The molecule has 3 heterocycles. The van der Waals surface area contributed by atoms with E-state index in [1.165, 1.54) is 0 Å². The Bertz CT molecular complexity index is 820. The molecular formula is C16H18N6O. The van der Waals surface area contributed by atoms with Crippen LogP contribution in [0.2, 0.25) is 0 Å². The van der Waals surface area contributed by atoms with Gasteiger partial charge in [0.05, 0.1) is 0 Å². The smallest absolute Gasteiger partial charge is 0.178 e. The molecule has 1 aliphatic heterocycles. The van der Waals surface area contributed by atoms with Crippen molar-refractivity contribution in [2.24, 2.45) is 0 Å². The zero-order valence-electron chi connectivity index (χ0n) is 12.9. The van der Waals surface area contributed by atoms with Gasteiger partial charge in [0.1, 0.15) is 11.6 Å². The molecule has 1 aromatic carbocycles. The van der Waals surface area contributed by atoms with E-state index in [0.29, 0.717) is 5.75 Å². The minimum atomic E-state index is 0.300. The van der Waals surface area contributed by atoms with Crippen molar-refractivity contribution in [1.29, 1.82) is 0 Å². The molecule has 7 heteroatoms. The third-order valence-electron chi connectivity index (χ3n) is 4.22. The minimum Gasteiger partial charge on any atom is -0.508 e. The number of fused-ring (bicyclic) bond motifs is 1. The summed E-state index contributed by atoms with van der Waals surface area (Å²) in [5.41, 5.74) is 1.91. The van der Waals surface area contributed by atoms with E-state index >= 15 is 0 Å². The van der Waals surface area contributed by atoms with Crippen LogP contribution in [0.3, 0.4) is 0 Å². The number of rotatable bonds is 2. The lowest BCUT2D eigenvalue weighted by molar-refractivity contribution is 0.475. The molecule has 118 valence electrons. The number of nitrogens with zero attached hydrogens (tertiary/aromatic N) is 6. The first-order chi connectivity index (χ1) is 11.2. The summed E-state index contributed by atoms with van der Waals surface area (Å²) in [7, 11) is 0. The molecule has 1 N–H and O–H groups in total. The molecule has 1 aliphatic rings. The lowest BCUT2D eigenvalue weighted by atomic mass is 10.2. The first-order valence-electron chi connectivity index (χ1n) is 7.69. The number of phenols is 1. The number of piperazine rings is 1. The van der Waals surface area contributed by atoms with Crippen molar-refractivity contribution >= 4 is 17.2 Å². The normalized spacial score (nSPS) is 15.3. The third-order valence-corrected chi connectivity index (χ3v) is 4.22. The fourth-order valence-corrected chi connectivity index (χ4v) is 2.91. The maximum atomic E-state index is 9.39. The summed E-state index contributed by atoms with van der Waals surface area (Å²) in [4.78, 5) is 4.59. The zero-order valence-corrected chi connectivity index (χ0v) is 12.9. The van der Waals surface area contributed by atoms with Crippen molar-refractivity contribution < 1.29 is 5.11 Å². The Hall–Kier alpha value is -2.83. The van der Waals surface area contributed by atoms with Gasteiger partial charge < -0.3 is 14.9 Å². The van der Waals surface area contributed by atoms with E-state index in [-0.39, 0.29) is 0 Å². The number of aromatic nitrogens is 4. The van der Waals surface area contributed by atoms with E-state index in [2.05, 4.69) is 25.1 Å². The van der Waals surface area contributed by atoms with Gasteiger partial charge in [0.15, 0.2) is 11.5 Å². The topological polar surface area (TPSA) is 69.8 Å². The minimum absolute atomic E-state index is 0.300. The number of anilines is 2. The molecule has 0 aliphatic carbocycles. The lowest BCUT2D eigenvalue weighted by Crippen LogP contribution is -2.47. The maximum Gasteiger partial charge on any atom is 0.178 e. The van der Waals surface area contributed by atoms with E-state index in [1.807, 2.05) is 31.2 Å². The molecule has 4 rings (SSSR count). The average molecular weight is 310 g/mol. The first-order valence-corrected chi connectivity index (χ1v) is 7.69. The third kappa shape index (κ3) is 2.54. The zero-order chi connectivity index (χ0) is 15.8. The Kier molecular flexibility index (Phi) is 3.25. The maximum absolute atomic E-state index is 9.39. The predicted octanol–water partition coefficient (Wildman–Crippen LogP) is 1.46. The molecule has 0 saturated carbocycles. The van der Waals surface area contributed by atoms with Crippen LogP contribution >= 0.6 is 0 Å². The van der Waals surface area contributed by atoms with Gasteiger partial charge in [-0.2, -0.15) is 4.52 Å². The van der Waals surface area contributed by atoms with Gasteiger partial charge in [0, 0.05) is 31.9 Å². The van der Waals surface area contributed by atoms with Crippen molar-refractivity contribution in [1.82, 2.24) is 19.8 Å². The summed E-state index contributed by atoms with van der Waals surface area (Å²) in [6.07, 6.45) is 0. The summed E-state index contributed by atoms with van der Waals surface area (Å²) < 4.78 is 1.78. The highest BCUT2D eigenvalue weighted by Gasteiger charge is 2.19. The first kappa shape index (κ1) is 13.8. The van der Waals surface area contributed by atoms with E-state index in [0.717, 1.165) is 49.2 Å². The second-order valence-corrected chi connectivity index (χ2v) is 5.70. The number of benzene rings is 1. The van der Waals surface area contributed by atoms with Gasteiger partial charge in [-0.05, 0) is 43.3 Å². The van der Waals surface area contributed by atoms with Crippen molar-refractivity contribution in [2.45, 2.75) is 6.92 Å². The second kappa shape index (κ2) is 5.42. The van der Waals surface area contributed by atoms with Gasteiger partial charge in [-0.25, -0.2) is 0 Å². The molecule has 3 aromatic rings. The van der Waals surface area contributed by atoms with Crippen molar-refractivity contribution in [2.75, 3.05) is 36.0 Å². The Morgan fingerprint density at radius 3 is 2.30 bits per heavy atom. The standard InChI is InChI=1S/C16H18N6O/c1-12-17-18-15-6-7-16(19-22(12)15)21-10-8-20(9-11-21)13-2-4-14(23)5-3-13/h2-7,23H,8-11H2,1H3. The summed E-state index contributed by atoms with van der Waals surface area (Å²) in [6, 6.07) is 11.3. The molecule has 2 aromatic heterocycles. The van der Waals surface area contributed by atoms with Crippen LogP contribution in [0.4, 0.5) is 11.5 Å². The number of aromatic hydroxyl groups is 1. The monoisotopic (exact) mass is 310 g/mol. The summed E-state index contributed by atoms with van der Waals surface area (Å²) in [6.45, 7) is 5.55. The van der Waals surface area contributed by atoms with Gasteiger partial charge in [0.2, 0.25) is 0 Å². The molecule has 0 amide bonds. The van der Waals surface area contributed by atoms with Crippen molar-refractivity contribution in [3.63, 3.8) is 0 Å². The van der Waals surface area contributed by atoms with Gasteiger partial charge in [0.25, 0.3) is 0 Å². The number of aryl methyl sites for hydroxylation is 1. The summed E-state index contributed by atoms with van der Waals surface area (Å²) in [5.74, 6) is 2.05. The van der Waals surface area contributed by atoms with Gasteiger partial charge >= 0.3 is 0 Å². The lowest BCUT2D eigenvalue weighted by Gasteiger charge is -2.36. The van der Waals surface area contributed by atoms with Crippen LogP contribution in [-0.4, -0.2) is 51.1 Å². The molecule has 1 fully saturated rings. The van der Waals surface area contributed by atoms with Crippen LogP contribution < -0.4 is 9.80 Å². The van der Waals surface area contributed by atoms with Crippen LogP contribution in [0.5, 0.6) is 5.75 Å². The predicted molar refractivity (Wildman–Crippen MR) is 88.1 cm³/mol. The Morgan fingerprint density at radius 1 is 0.870 bits per heavy atom. The Labute approximate surface area is 133 Å². The molecule has 0 atom stereocenters. The van der Waals surface area contributed by atoms with Gasteiger partial charge in [-0.15, -0.1) is 15.3 Å². The van der Waals surface area contributed by atoms with Crippen molar-refractivity contribution in [3.05, 3.63) is 42.2 Å². The van der Waals surface area contributed by atoms with E-state index in [4.69, 9.17) is 0 Å². The molecule has 1 saturated heterocycles. The highest BCUT2D eigenvalue weighted by Crippen LogP contribution is 2.21. The fraction of sp³-hybridized carbons (Fsp3) is 0.312. The number of hydrogen-bond acceptors (Lipinski definition) is 6.